The number of H-pyrrole nitrogens is 1. The Hall–Kier alpha value is -1.95. The summed E-state index contributed by atoms with van der Waals surface area (Å²) in [4.78, 5) is 13.8. The largest absolute Gasteiger partial charge is 0.417 e. The first kappa shape index (κ1) is 14.5. The van der Waals surface area contributed by atoms with Crippen molar-refractivity contribution in [2.75, 3.05) is 31.3 Å². The van der Waals surface area contributed by atoms with E-state index in [1.54, 1.807) is 19.2 Å². The lowest BCUT2D eigenvalue weighted by Crippen LogP contribution is -2.25. The standard InChI is InChI=1S/C14H21N3O3/c1-14(2,4-5-19-3)8-16-10-7-11-12(6-9(10)15)20-13(18)17-11/h6-7,16H,4-5,8,15H2,1-3H3,(H,17,18). The number of nitrogens with two attached hydrogens (primary N) is 1. The topological polar surface area (TPSA) is 93.3 Å². The maximum Gasteiger partial charge on any atom is 0.417 e. The van der Waals surface area contributed by atoms with E-state index in [-0.39, 0.29) is 5.41 Å². The monoisotopic (exact) mass is 279 g/mol. The van der Waals surface area contributed by atoms with Crippen molar-refractivity contribution in [2.45, 2.75) is 20.3 Å². The third-order valence-corrected chi connectivity index (χ3v) is 3.33. The minimum absolute atomic E-state index is 0.0845. The molecule has 0 aliphatic rings. The molecule has 0 spiro atoms. The van der Waals surface area contributed by atoms with Crippen LogP contribution in [0.25, 0.3) is 11.1 Å². The quantitative estimate of drug-likeness (QED) is 0.705. The van der Waals surface area contributed by atoms with Gasteiger partial charge >= 0.3 is 5.76 Å². The molecule has 0 amide bonds. The Morgan fingerprint density at radius 2 is 2.20 bits per heavy atom. The second-order valence-electron chi connectivity index (χ2n) is 5.71. The molecular weight excluding hydrogens is 258 g/mol. The van der Waals surface area contributed by atoms with Crippen LogP contribution in [-0.2, 0) is 4.74 Å². The number of methoxy groups -OCH3 is 1. The Bertz CT molecular complexity index is 643. The van der Waals surface area contributed by atoms with E-state index in [0.29, 0.717) is 16.8 Å². The predicted octanol–water partition coefficient (Wildman–Crippen LogP) is 2.18. The van der Waals surface area contributed by atoms with Gasteiger partial charge in [0.05, 0.1) is 16.9 Å². The molecule has 0 aliphatic heterocycles. The van der Waals surface area contributed by atoms with Crippen LogP contribution in [0.2, 0.25) is 0 Å². The first-order valence-electron chi connectivity index (χ1n) is 6.56. The summed E-state index contributed by atoms with van der Waals surface area (Å²) in [6.45, 7) is 5.80. The zero-order valence-corrected chi connectivity index (χ0v) is 12.1. The molecule has 0 saturated heterocycles. The minimum Gasteiger partial charge on any atom is -0.408 e. The number of benzene rings is 1. The molecule has 20 heavy (non-hydrogen) atoms. The fourth-order valence-electron chi connectivity index (χ4n) is 1.97. The van der Waals surface area contributed by atoms with Crippen LogP contribution in [0.4, 0.5) is 11.4 Å². The third-order valence-electron chi connectivity index (χ3n) is 3.33. The van der Waals surface area contributed by atoms with Crippen LogP contribution in [0.5, 0.6) is 0 Å². The second kappa shape index (κ2) is 5.58. The fraction of sp³-hybridized carbons (Fsp3) is 0.500. The molecule has 0 saturated carbocycles. The Balaban J connectivity index is 2.13. The highest BCUT2D eigenvalue weighted by Crippen LogP contribution is 2.27. The van der Waals surface area contributed by atoms with Crippen molar-refractivity contribution in [2.24, 2.45) is 5.41 Å². The Morgan fingerprint density at radius 3 is 2.90 bits per heavy atom. The van der Waals surface area contributed by atoms with Gasteiger partial charge in [-0.2, -0.15) is 0 Å². The molecule has 6 nitrogen and oxygen atoms in total. The van der Waals surface area contributed by atoms with Crippen LogP contribution in [0.3, 0.4) is 0 Å². The third kappa shape index (κ3) is 3.33. The fourth-order valence-corrected chi connectivity index (χ4v) is 1.97. The number of oxazole rings is 1. The normalized spacial score (nSPS) is 11.9. The van der Waals surface area contributed by atoms with Crippen molar-refractivity contribution in [3.05, 3.63) is 22.7 Å². The van der Waals surface area contributed by atoms with Gasteiger partial charge in [-0.05, 0) is 17.9 Å². The van der Waals surface area contributed by atoms with Gasteiger partial charge in [0.2, 0.25) is 0 Å². The van der Waals surface area contributed by atoms with E-state index in [1.807, 2.05) is 0 Å². The molecule has 0 aliphatic carbocycles. The molecule has 1 aromatic carbocycles. The number of hydrogen-bond acceptors (Lipinski definition) is 5. The van der Waals surface area contributed by atoms with E-state index in [9.17, 15) is 4.79 Å². The first-order valence-corrected chi connectivity index (χ1v) is 6.56. The van der Waals surface area contributed by atoms with Gasteiger partial charge in [0.15, 0.2) is 5.58 Å². The van der Waals surface area contributed by atoms with Gasteiger partial charge in [-0.25, -0.2) is 4.79 Å². The van der Waals surface area contributed by atoms with Crippen molar-refractivity contribution in [1.29, 1.82) is 0 Å². The molecule has 0 fully saturated rings. The molecule has 6 heteroatoms. The summed E-state index contributed by atoms with van der Waals surface area (Å²) in [7, 11) is 1.70. The van der Waals surface area contributed by atoms with Crippen LogP contribution >= 0.6 is 0 Å². The predicted molar refractivity (Wildman–Crippen MR) is 80.0 cm³/mol. The van der Waals surface area contributed by atoms with Crippen molar-refractivity contribution in [3.8, 4) is 0 Å². The number of nitrogen functional groups attached to an aromatic ring is 1. The number of hydrogen-bond donors (Lipinski definition) is 3. The number of ether oxygens (including phenoxy) is 1. The van der Waals surface area contributed by atoms with Gasteiger partial charge in [-0.1, -0.05) is 13.8 Å². The molecule has 2 rings (SSSR count). The van der Waals surface area contributed by atoms with E-state index < -0.39 is 5.76 Å². The highest BCUT2D eigenvalue weighted by atomic mass is 16.5. The smallest absolute Gasteiger partial charge is 0.408 e. The maximum atomic E-state index is 11.1. The Morgan fingerprint density at radius 1 is 1.45 bits per heavy atom. The molecule has 2 aromatic rings. The van der Waals surface area contributed by atoms with Crippen LogP contribution in [0.15, 0.2) is 21.3 Å². The van der Waals surface area contributed by atoms with E-state index in [4.69, 9.17) is 14.9 Å². The van der Waals surface area contributed by atoms with Crippen LogP contribution < -0.4 is 16.8 Å². The highest BCUT2D eigenvalue weighted by molar-refractivity contribution is 5.85. The zero-order chi connectivity index (χ0) is 14.8. The summed E-state index contributed by atoms with van der Waals surface area (Å²) in [6.07, 6.45) is 0.946. The van der Waals surface area contributed by atoms with E-state index in [1.165, 1.54) is 0 Å². The van der Waals surface area contributed by atoms with Gasteiger partial charge < -0.3 is 20.2 Å². The van der Waals surface area contributed by atoms with Crippen LogP contribution in [0, 0.1) is 5.41 Å². The molecule has 1 heterocycles. The Kier molecular flexibility index (Phi) is 4.04. The van der Waals surface area contributed by atoms with E-state index >= 15 is 0 Å². The van der Waals surface area contributed by atoms with Gasteiger partial charge in [-0.3, -0.25) is 4.98 Å². The van der Waals surface area contributed by atoms with Crippen LogP contribution in [-0.4, -0.2) is 25.2 Å². The number of aromatic nitrogens is 1. The van der Waals surface area contributed by atoms with Gasteiger partial charge in [0.25, 0.3) is 0 Å². The lowest BCUT2D eigenvalue weighted by molar-refractivity contribution is 0.157. The molecule has 1 aromatic heterocycles. The van der Waals surface area contributed by atoms with E-state index in [0.717, 1.165) is 25.3 Å². The first-order chi connectivity index (χ1) is 9.41. The lowest BCUT2D eigenvalue weighted by atomic mass is 9.89. The van der Waals surface area contributed by atoms with Crippen molar-refractivity contribution in [3.63, 3.8) is 0 Å². The number of aromatic amines is 1. The molecular formula is C14H21N3O3. The molecule has 0 radical (unpaired) electrons. The maximum absolute atomic E-state index is 11.1. The SMILES string of the molecule is COCCC(C)(C)CNc1cc2[nH]c(=O)oc2cc1N. The van der Waals surface area contributed by atoms with Crippen molar-refractivity contribution in [1.82, 2.24) is 4.98 Å². The van der Waals surface area contributed by atoms with Gasteiger partial charge in [-0.15, -0.1) is 0 Å². The Labute approximate surface area is 117 Å². The summed E-state index contributed by atoms with van der Waals surface area (Å²) in [5.74, 6) is -0.475. The van der Waals surface area contributed by atoms with Crippen molar-refractivity contribution >= 4 is 22.5 Å². The average Bonchev–Trinajstić information content (AvgIpc) is 2.73. The van der Waals surface area contributed by atoms with Gasteiger partial charge in [0, 0.05) is 26.3 Å². The number of fused-ring (bicyclic) bond motifs is 1. The summed E-state index contributed by atoms with van der Waals surface area (Å²) < 4.78 is 10.1. The molecule has 4 N–H and O–H groups in total. The molecule has 110 valence electrons. The highest BCUT2D eigenvalue weighted by Gasteiger charge is 2.18. The van der Waals surface area contributed by atoms with E-state index in [2.05, 4.69) is 24.1 Å². The lowest BCUT2D eigenvalue weighted by Gasteiger charge is -2.25. The molecule has 0 bridgehead atoms. The summed E-state index contributed by atoms with van der Waals surface area (Å²) in [5, 5.41) is 3.32. The molecule has 0 unspecified atom stereocenters. The number of nitrogens with one attached hydrogen (secondary N) is 2. The van der Waals surface area contributed by atoms with Gasteiger partial charge in [0.1, 0.15) is 0 Å². The average molecular weight is 279 g/mol. The second-order valence-corrected chi connectivity index (χ2v) is 5.71. The minimum atomic E-state index is -0.475. The summed E-state index contributed by atoms with van der Waals surface area (Å²) in [5.41, 5.74) is 8.51. The number of rotatable bonds is 6. The number of anilines is 2. The zero-order valence-electron chi connectivity index (χ0n) is 12.1. The van der Waals surface area contributed by atoms with Crippen LogP contribution in [0.1, 0.15) is 20.3 Å². The summed E-state index contributed by atoms with van der Waals surface area (Å²) in [6, 6.07) is 3.44. The van der Waals surface area contributed by atoms with Crippen molar-refractivity contribution < 1.29 is 9.15 Å². The molecule has 0 atom stereocenters. The summed E-state index contributed by atoms with van der Waals surface area (Å²) >= 11 is 0.